The van der Waals surface area contributed by atoms with Gasteiger partial charge in [-0.25, -0.2) is 4.99 Å². The maximum Gasteiger partial charge on any atom is 0.240 e. The third-order valence-corrected chi connectivity index (χ3v) is 7.34. The number of aliphatic imine (C=N–C) groups is 1. The van der Waals surface area contributed by atoms with Crippen LogP contribution in [-0.2, 0) is 16.2 Å². The van der Waals surface area contributed by atoms with Crippen LogP contribution in [0, 0.1) is 0 Å². The molecule has 1 aromatic rings. The Labute approximate surface area is 174 Å². The molecule has 2 heterocycles. The van der Waals surface area contributed by atoms with Gasteiger partial charge in [-0.1, -0.05) is 18.0 Å². The molecule has 28 heavy (non-hydrogen) atoms. The highest BCUT2D eigenvalue weighted by molar-refractivity contribution is 7.89. The van der Waals surface area contributed by atoms with E-state index in [4.69, 9.17) is 11.6 Å². The summed E-state index contributed by atoms with van der Waals surface area (Å²) in [4.78, 5) is 21.3. The minimum atomic E-state index is -1.38. The van der Waals surface area contributed by atoms with E-state index in [0.717, 1.165) is 38.2 Å². The monoisotopic (exact) mass is 423 g/mol. The molecule has 1 unspecified atom stereocenters. The smallest absolute Gasteiger partial charge is 0.240 e. The van der Waals surface area contributed by atoms with Crippen LogP contribution in [0.2, 0.25) is 5.02 Å². The van der Waals surface area contributed by atoms with Gasteiger partial charge in [-0.05, 0) is 25.0 Å². The number of guanidine groups is 1. The summed E-state index contributed by atoms with van der Waals surface area (Å²) in [5.74, 6) is 0.638. The van der Waals surface area contributed by atoms with Crippen LogP contribution in [0.3, 0.4) is 0 Å². The molecule has 2 fully saturated rings. The lowest BCUT2D eigenvalue weighted by Crippen LogP contribution is -2.56. The number of amides is 1. The first-order valence-corrected chi connectivity index (χ1v) is 11.3. The number of nitrogens with zero attached hydrogens (tertiary/aromatic N) is 4. The molecule has 9 heteroatoms. The molecule has 4 rings (SSSR count). The normalized spacial score (nSPS) is 22.0. The van der Waals surface area contributed by atoms with Gasteiger partial charge in [-0.3, -0.25) is 9.69 Å². The Kier molecular flexibility index (Phi) is 6.01. The average Bonchev–Trinajstić information content (AvgIpc) is 3.11. The molecule has 0 bridgehead atoms. The fraction of sp³-hybridized carbons (Fsp3) is 0.579. The average molecular weight is 424 g/mol. The first-order chi connectivity index (χ1) is 13.5. The van der Waals surface area contributed by atoms with E-state index in [-0.39, 0.29) is 5.91 Å². The molecule has 1 saturated carbocycles. The molecular weight excluding hydrogens is 398 g/mol. The fourth-order valence-electron chi connectivity index (χ4n) is 3.90. The Morgan fingerprint density at radius 2 is 2.00 bits per heavy atom. The largest absolute Gasteiger partial charge is 0.588 e. The molecule has 1 aliphatic carbocycles. The zero-order valence-electron chi connectivity index (χ0n) is 16.1. The van der Waals surface area contributed by atoms with Crippen molar-refractivity contribution in [1.82, 2.24) is 14.1 Å². The van der Waals surface area contributed by atoms with Crippen LogP contribution >= 0.6 is 11.6 Å². The maximum absolute atomic E-state index is 13.2. The Morgan fingerprint density at radius 1 is 1.25 bits per heavy atom. The molecule has 152 valence electrons. The number of rotatable bonds is 4. The van der Waals surface area contributed by atoms with Gasteiger partial charge in [0.1, 0.15) is 11.4 Å². The van der Waals surface area contributed by atoms with Crippen LogP contribution in [-0.4, -0.2) is 75.8 Å². The molecule has 7 nitrogen and oxygen atoms in total. The molecule has 1 N–H and O–H groups in total. The Balaban J connectivity index is 1.41. The number of nitrogens with one attached hydrogen (secondary N) is 1. The lowest BCUT2D eigenvalue weighted by molar-refractivity contribution is -0.114. The third kappa shape index (κ3) is 4.10. The van der Waals surface area contributed by atoms with Gasteiger partial charge < -0.3 is 14.8 Å². The van der Waals surface area contributed by atoms with Crippen molar-refractivity contribution in [1.29, 1.82) is 0 Å². The fourth-order valence-corrected chi connectivity index (χ4v) is 5.42. The van der Waals surface area contributed by atoms with Crippen molar-refractivity contribution in [3.63, 3.8) is 0 Å². The number of hydrogen-bond donors (Lipinski definition) is 1. The van der Waals surface area contributed by atoms with Crippen molar-refractivity contribution in [2.24, 2.45) is 4.99 Å². The van der Waals surface area contributed by atoms with Gasteiger partial charge in [0.05, 0.1) is 23.8 Å². The second kappa shape index (κ2) is 8.49. The highest BCUT2D eigenvalue weighted by Crippen LogP contribution is 2.29. The second-order valence-corrected chi connectivity index (χ2v) is 9.28. The van der Waals surface area contributed by atoms with Gasteiger partial charge >= 0.3 is 0 Å². The number of benzene rings is 1. The van der Waals surface area contributed by atoms with Gasteiger partial charge in [0, 0.05) is 45.2 Å². The molecule has 1 saturated heterocycles. The topological polar surface area (TPSA) is 74.2 Å². The van der Waals surface area contributed by atoms with Gasteiger partial charge in [-0.2, -0.15) is 4.31 Å². The van der Waals surface area contributed by atoms with Crippen LogP contribution in [0.4, 0.5) is 5.69 Å². The highest BCUT2D eigenvalue weighted by atomic mass is 35.5. The number of anilines is 1. The van der Waals surface area contributed by atoms with Crippen LogP contribution in [0.5, 0.6) is 0 Å². The summed E-state index contributed by atoms with van der Waals surface area (Å²) < 4.78 is 15.1. The standard InChI is InChI=1S/C19H26ClN5O2S/c1-14(26)22-18-6-5-16(13-17(18)20)28(27)25-8-7-21-19(25)24-11-9-23(10-12-24)15-3-2-4-15/h5-6,13,15H,2-4,7-12H2,1H3,(H,22,26). The van der Waals surface area contributed by atoms with Crippen LogP contribution in [0.25, 0.3) is 0 Å². The maximum atomic E-state index is 13.2. The Hall–Kier alpha value is -1.48. The highest BCUT2D eigenvalue weighted by Gasteiger charge is 2.36. The summed E-state index contributed by atoms with van der Waals surface area (Å²) in [5, 5.41) is 3.05. The summed E-state index contributed by atoms with van der Waals surface area (Å²) in [5.41, 5.74) is 0.525. The number of piperazine rings is 1. The summed E-state index contributed by atoms with van der Waals surface area (Å²) in [7, 11) is 0. The molecule has 1 amide bonds. The van der Waals surface area contributed by atoms with Crippen LogP contribution in [0.1, 0.15) is 26.2 Å². The van der Waals surface area contributed by atoms with Crippen LogP contribution < -0.4 is 5.32 Å². The first-order valence-electron chi connectivity index (χ1n) is 9.83. The van der Waals surface area contributed by atoms with E-state index in [9.17, 15) is 9.35 Å². The van der Waals surface area contributed by atoms with Crippen molar-refractivity contribution in [2.75, 3.05) is 44.6 Å². The predicted molar refractivity (Wildman–Crippen MR) is 112 cm³/mol. The third-order valence-electron chi connectivity index (χ3n) is 5.62. The van der Waals surface area contributed by atoms with Gasteiger partial charge in [0.25, 0.3) is 0 Å². The molecule has 0 spiro atoms. The zero-order chi connectivity index (χ0) is 19.7. The van der Waals surface area contributed by atoms with E-state index in [1.807, 2.05) is 4.31 Å². The van der Waals surface area contributed by atoms with Crippen LogP contribution in [0.15, 0.2) is 28.1 Å². The van der Waals surface area contributed by atoms with Crippen molar-refractivity contribution in [3.8, 4) is 0 Å². The quantitative estimate of drug-likeness (QED) is 0.751. The molecule has 0 radical (unpaired) electrons. The molecular formula is C19H26ClN5O2S. The molecule has 2 aliphatic heterocycles. The minimum Gasteiger partial charge on any atom is -0.588 e. The van der Waals surface area contributed by atoms with Gasteiger partial charge in [0.15, 0.2) is 4.90 Å². The van der Waals surface area contributed by atoms with E-state index >= 15 is 0 Å². The first kappa shape index (κ1) is 19.8. The number of hydrogen-bond acceptors (Lipinski definition) is 6. The van der Waals surface area contributed by atoms with Crippen molar-refractivity contribution >= 4 is 40.5 Å². The Bertz CT molecular complexity index is 765. The van der Waals surface area contributed by atoms with E-state index in [0.29, 0.717) is 28.7 Å². The predicted octanol–water partition coefficient (Wildman–Crippen LogP) is 2.16. The molecule has 1 atom stereocenters. The van der Waals surface area contributed by atoms with Crippen molar-refractivity contribution < 1.29 is 9.35 Å². The summed E-state index contributed by atoms with van der Waals surface area (Å²) in [6.45, 7) is 6.65. The number of carbonyl (C=O) groups excluding carboxylic acids is 1. The van der Waals surface area contributed by atoms with Crippen molar-refractivity contribution in [3.05, 3.63) is 23.2 Å². The lowest BCUT2D eigenvalue weighted by atomic mass is 9.91. The van der Waals surface area contributed by atoms with Crippen molar-refractivity contribution in [2.45, 2.75) is 37.1 Å². The van der Waals surface area contributed by atoms with E-state index in [2.05, 4.69) is 20.1 Å². The van der Waals surface area contributed by atoms with Gasteiger partial charge in [0.2, 0.25) is 11.9 Å². The van der Waals surface area contributed by atoms with E-state index < -0.39 is 11.4 Å². The lowest BCUT2D eigenvalue weighted by Gasteiger charge is -2.43. The second-order valence-electron chi connectivity index (χ2n) is 7.46. The number of halogens is 1. The van der Waals surface area contributed by atoms with E-state index in [1.165, 1.54) is 26.2 Å². The van der Waals surface area contributed by atoms with E-state index in [1.54, 1.807) is 18.2 Å². The summed E-state index contributed by atoms with van der Waals surface area (Å²) in [6, 6.07) is 5.87. The SMILES string of the molecule is CC(=O)Nc1ccc([S+]([O-])N2CCN=C2N2CCN(C3CCC3)CC2)cc1Cl. The molecule has 1 aromatic carbocycles. The number of carbonyl (C=O) groups is 1. The summed E-state index contributed by atoms with van der Waals surface area (Å²) >= 11 is 4.88. The molecule has 3 aliphatic rings. The summed E-state index contributed by atoms with van der Waals surface area (Å²) in [6.07, 6.45) is 4.01. The molecule has 0 aromatic heterocycles. The zero-order valence-corrected chi connectivity index (χ0v) is 17.6. The Morgan fingerprint density at radius 3 is 2.61 bits per heavy atom. The minimum absolute atomic E-state index is 0.189. The van der Waals surface area contributed by atoms with Gasteiger partial charge in [-0.15, -0.1) is 0 Å².